The SMILES string of the molecule is CSc1ncccc1C(=O)N[C@H]1CCN(c2ccc(C(F)(F)F)cn2)C1. The van der Waals surface area contributed by atoms with E-state index in [9.17, 15) is 18.0 Å². The number of aromatic nitrogens is 2. The topological polar surface area (TPSA) is 58.1 Å². The maximum Gasteiger partial charge on any atom is 0.417 e. The summed E-state index contributed by atoms with van der Waals surface area (Å²) in [6.45, 7) is 1.12. The third kappa shape index (κ3) is 4.09. The predicted octanol–water partition coefficient (Wildman–Crippen LogP) is 3.23. The van der Waals surface area contributed by atoms with Crippen LogP contribution in [0.25, 0.3) is 0 Å². The number of carbonyl (C=O) groups excluding carboxylic acids is 1. The molecule has 1 aliphatic heterocycles. The van der Waals surface area contributed by atoms with Crippen LogP contribution in [0.1, 0.15) is 22.3 Å². The number of nitrogens with zero attached hydrogens (tertiary/aromatic N) is 3. The van der Waals surface area contributed by atoms with E-state index in [0.29, 0.717) is 35.9 Å². The number of carbonyl (C=O) groups is 1. The van der Waals surface area contributed by atoms with Gasteiger partial charge >= 0.3 is 6.18 Å². The highest BCUT2D eigenvalue weighted by Gasteiger charge is 2.31. The summed E-state index contributed by atoms with van der Waals surface area (Å²) in [4.78, 5) is 22.4. The van der Waals surface area contributed by atoms with Gasteiger partial charge in [-0.1, -0.05) is 0 Å². The first-order chi connectivity index (χ1) is 12.4. The first-order valence-electron chi connectivity index (χ1n) is 7.96. The summed E-state index contributed by atoms with van der Waals surface area (Å²) in [6.07, 6.45) is 0.625. The molecule has 1 aliphatic rings. The molecule has 0 radical (unpaired) electrons. The smallest absolute Gasteiger partial charge is 0.354 e. The Kier molecular flexibility index (Phi) is 5.36. The van der Waals surface area contributed by atoms with Gasteiger partial charge in [0.25, 0.3) is 5.91 Å². The number of pyridine rings is 2. The Labute approximate surface area is 153 Å². The molecule has 0 aliphatic carbocycles. The fraction of sp³-hybridized carbons (Fsp3) is 0.353. The molecule has 0 bridgehead atoms. The van der Waals surface area contributed by atoms with Crippen molar-refractivity contribution < 1.29 is 18.0 Å². The molecule has 1 amide bonds. The van der Waals surface area contributed by atoms with Crippen molar-refractivity contribution in [3.05, 3.63) is 47.8 Å². The monoisotopic (exact) mass is 382 g/mol. The number of alkyl halides is 3. The lowest BCUT2D eigenvalue weighted by atomic mass is 10.2. The number of thioether (sulfide) groups is 1. The van der Waals surface area contributed by atoms with Gasteiger partial charge in [-0.25, -0.2) is 9.97 Å². The number of hydrogen-bond acceptors (Lipinski definition) is 5. The molecule has 0 spiro atoms. The van der Waals surface area contributed by atoms with Crippen molar-refractivity contribution in [2.24, 2.45) is 0 Å². The summed E-state index contributed by atoms with van der Waals surface area (Å²) < 4.78 is 37.9. The van der Waals surface area contributed by atoms with E-state index < -0.39 is 11.7 Å². The molecule has 3 heterocycles. The first kappa shape index (κ1) is 18.5. The van der Waals surface area contributed by atoms with Crippen LogP contribution in [0, 0.1) is 0 Å². The zero-order valence-corrected chi connectivity index (χ0v) is 14.8. The Hall–Kier alpha value is -2.29. The van der Waals surface area contributed by atoms with Gasteiger partial charge in [0.2, 0.25) is 0 Å². The van der Waals surface area contributed by atoms with E-state index in [1.807, 2.05) is 11.2 Å². The van der Waals surface area contributed by atoms with Gasteiger partial charge in [0.1, 0.15) is 10.8 Å². The molecule has 9 heteroatoms. The highest BCUT2D eigenvalue weighted by atomic mass is 32.2. The fourth-order valence-corrected chi connectivity index (χ4v) is 3.36. The van der Waals surface area contributed by atoms with E-state index in [1.54, 1.807) is 18.3 Å². The number of hydrogen-bond donors (Lipinski definition) is 1. The van der Waals surface area contributed by atoms with Crippen LogP contribution in [0.2, 0.25) is 0 Å². The van der Waals surface area contributed by atoms with Crippen molar-refractivity contribution in [2.75, 3.05) is 24.2 Å². The average molecular weight is 382 g/mol. The standard InChI is InChI=1S/C17H17F3N4OS/c1-26-16-13(3-2-7-21-16)15(25)23-12-6-8-24(10-12)14-5-4-11(9-22-14)17(18,19)20/h2-5,7,9,12H,6,8,10H2,1H3,(H,23,25)/t12-/m0/s1. The van der Waals surface area contributed by atoms with Crippen LogP contribution in [0.3, 0.4) is 0 Å². The summed E-state index contributed by atoms with van der Waals surface area (Å²) in [5, 5.41) is 3.62. The molecule has 138 valence electrons. The van der Waals surface area contributed by atoms with Gasteiger partial charge in [-0.3, -0.25) is 4.79 Å². The molecule has 1 N–H and O–H groups in total. The zero-order valence-electron chi connectivity index (χ0n) is 14.0. The van der Waals surface area contributed by atoms with Gasteiger partial charge in [-0.2, -0.15) is 13.2 Å². The van der Waals surface area contributed by atoms with Crippen molar-refractivity contribution in [1.29, 1.82) is 0 Å². The van der Waals surface area contributed by atoms with Gasteiger partial charge in [-0.15, -0.1) is 11.8 Å². The summed E-state index contributed by atoms with van der Waals surface area (Å²) in [7, 11) is 0. The minimum atomic E-state index is -4.40. The molecule has 26 heavy (non-hydrogen) atoms. The Balaban J connectivity index is 1.63. The van der Waals surface area contributed by atoms with Gasteiger partial charge in [0, 0.05) is 31.5 Å². The van der Waals surface area contributed by atoms with Crippen LogP contribution in [-0.4, -0.2) is 41.3 Å². The van der Waals surface area contributed by atoms with Crippen molar-refractivity contribution in [2.45, 2.75) is 23.7 Å². The summed E-state index contributed by atoms with van der Waals surface area (Å²) in [6, 6.07) is 5.72. The van der Waals surface area contributed by atoms with Crippen LogP contribution >= 0.6 is 11.8 Å². The number of nitrogens with one attached hydrogen (secondary N) is 1. The second-order valence-electron chi connectivity index (χ2n) is 5.87. The highest BCUT2D eigenvalue weighted by Crippen LogP contribution is 2.30. The summed E-state index contributed by atoms with van der Waals surface area (Å²) in [5.74, 6) is 0.274. The Morgan fingerprint density at radius 2 is 2.12 bits per heavy atom. The van der Waals surface area contributed by atoms with Crippen LogP contribution in [0.4, 0.5) is 19.0 Å². The quantitative estimate of drug-likeness (QED) is 0.823. The molecule has 0 aromatic carbocycles. The molecule has 0 saturated carbocycles. The van der Waals surface area contributed by atoms with Crippen molar-refractivity contribution in [1.82, 2.24) is 15.3 Å². The normalized spacial score (nSPS) is 17.4. The molecule has 2 aromatic rings. The van der Waals surface area contributed by atoms with E-state index in [-0.39, 0.29) is 11.9 Å². The molecule has 2 aromatic heterocycles. The van der Waals surface area contributed by atoms with Crippen molar-refractivity contribution in [3.63, 3.8) is 0 Å². The fourth-order valence-electron chi connectivity index (χ4n) is 2.82. The number of amides is 1. The van der Waals surface area contributed by atoms with Crippen LogP contribution in [-0.2, 0) is 6.18 Å². The minimum absolute atomic E-state index is 0.0958. The molecular formula is C17H17F3N4OS. The lowest BCUT2D eigenvalue weighted by molar-refractivity contribution is -0.137. The highest BCUT2D eigenvalue weighted by molar-refractivity contribution is 7.98. The largest absolute Gasteiger partial charge is 0.417 e. The zero-order chi connectivity index (χ0) is 18.7. The predicted molar refractivity (Wildman–Crippen MR) is 93.3 cm³/mol. The number of rotatable bonds is 4. The maximum atomic E-state index is 12.6. The van der Waals surface area contributed by atoms with Gasteiger partial charge < -0.3 is 10.2 Å². The van der Waals surface area contributed by atoms with Gasteiger partial charge in [0.15, 0.2) is 0 Å². The average Bonchev–Trinajstić information content (AvgIpc) is 3.09. The third-order valence-corrected chi connectivity index (χ3v) is 4.84. The molecule has 0 unspecified atom stereocenters. The van der Waals surface area contributed by atoms with E-state index in [4.69, 9.17) is 0 Å². The van der Waals surface area contributed by atoms with Crippen LogP contribution < -0.4 is 10.2 Å². The molecule has 1 atom stereocenters. The molecule has 1 saturated heterocycles. The van der Waals surface area contributed by atoms with E-state index >= 15 is 0 Å². The Morgan fingerprint density at radius 3 is 2.77 bits per heavy atom. The molecular weight excluding hydrogens is 365 g/mol. The lowest BCUT2D eigenvalue weighted by Crippen LogP contribution is -2.37. The number of halogens is 3. The van der Waals surface area contributed by atoms with Gasteiger partial charge in [-0.05, 0) is 36.9 Å². The van der Waals surface area contributed by atoms with E-state index in [1.165, 1.54) is 17.8 Å². The van der Waals surface area contributed by atoms with Crippen LogP contribution in [0.5, 0.6) is 0 Å². The summed E-state index contributed by atoms with van der Waals surface area (Å²) in [5.41, 5.74) is -0.252. The van der Waals surface area contributed by atoms with E-state index in [0.717, 1.165) is 12.3 Å². The summed E-state index contributed by atoms with van der Waals surface area (Å²) >= 11 is 1.40. The van der Waals surface area contributed by atoms with Crippen molar-refractivity contribution in [3.8, 4) is 0 Å². The van der Waals surface area contributed by atoms with Crippen LogP contribution in [0.15, 0.2) is 41.7 Å². The van der Waals surface area contributed by atoms with E-state index in [2.05, 4.69) is 15.3 Å². The molecule has 1 fully saturated rings. The maximum absolute atomic E-state index is 12.6. The first-order valence-corrected chi connectivity index (χ1v) is 9.19. The van der Waals surface area contributed by atoms with Gasteiger partial charge in [0.05, 0.1) is 11.1 Å². The Morgan fingerprint density at radius 1 is 1.31 bits per heavy atom. The molecule has 3 rings (SSSR count). The second kappa shape index (κ2) is 7.53. The van der Waals surface area contributed by atoms with Crippen molar-refractivity contribution >= 4 is 23.5 Å². The minimum Gasteiger partial charge on any atom is -0.354 e. The number of anilines is 1. The second-order valence-corrected chi connectivity index (χ2v) is 6.66. The Bertz CT molecular complexity index is 782. The third-order valence-electron chi connectivity index (χ3n) is 4.13. The lowest BCUT2D eigenvalue weighted by Gasteiger charge is -2.18. The molecule has 5 nitrogen and oxygen atoms in total.